The van der Waals surface area contributed by atoms with Crippen molar-refractivity contribution in [3.8, 4) is 11.8 Å². The molecule has 1 atom stereocenters. The maximum atomic E-state index is 13.1. The van der Waals surface area contributed by atoms with E-state index in [-0.39, 0.29) is 12.0 Å². The first-order valence-electron chi connectivity index (χ1n) is 13.4. The lowest BCUT2D eigenvalue weighted by atomic mass is 9.99. The zero-order chi connectivity index (χ0) is 25.9. The quantitative estimate of drug-likeness (QED) is 0.485. The molecule has 0 spiro atoms. The van der Waals surface area contributed by atoms with Gasteiger partial charge < -0.3 is 25.0 Å². The van der Waals surface area contributed by atoms with Crippen LogP contribution in [0.1, 0.15) is 36.8 Å². The number of para-hydroxylation sites is 1. The Balaban J connectivity index is 1.45. The van der Waals surface area contributed by atoms with Crippen LogP contribution in [0.5, 0.6) is 5.75 Å². The highest BCUT2D eigenvalue weighted by Gasteiger charge is 2.25. The number of anilines is 3. The summed E-state index contributed by atoms with van der Waals surface area (Å²) in [4.78, 5) is 20.0. The molecule has 0 aliphatic carbocycles. The average Bonchev–Trinajstić information content (AvgIpc) is 3.46. The highest BCUT2D eigenvalue weighted by Crippen LogP contribution is 2.42. The van der Waals surface area contributed by atoms with Gasteiger partial charge in [0.15, 0.2) is 0 Å². The van der Waals surface area contributed by atoms with Crippen LogP contribution in [0.2, 0.25) is 0 Å². The van der Waals surface area contributed by atoms with Crippen LogP contribution in [0.4, 0.5) is 17.1 Å². The fourth-order valence-corrected chi connectivity index (χ4v) is 5.57. The summed E-state index contributed by atoms with van der Waals surface area (Å²) >= 11 is 0. The number of nitriles is 1. The van der Waals surface area contributed by atoms with Crippen LogP contribution in [0.15, 0.2) is 54.2 Å². The van der Waals surface area contributed by atoms with Gasteiger partial charge in [-0.3, -0.25) is 9.78 Å². The number of piperidine rings is 1. The number of carbonyl (C=O) groups excluding carboxylic acids is 1. The van der Waals surface area contributed by atoms with Gasteiger partial charge in [0.05, 0.1) is 35.7 Å². The van der Waals surface area contributed by atoms with Gasteiger partial charge in [-0.25, -0.2) is 0 Å². The molecule has 8 heteroatoms. The molecule has 0 radical (unpaired) electrons. The predicted molar refractivity (Wildman–Crippen MR) is 147 cm³/mol. The summed E-state index contributed by atoms with van der Waals surface area (Å²) in [5.41, 5.74) is 6.10. The van der Waals surface area contributed by atoms with Gasteiger partial charge in [0.2, 0.25) is 5.91 Å². The summed E-state index contributed by atoms with van der Waals surface area (Å²) in [5.74, 6) is 0.385. The number of fused-ring (bicyclic) bond motifs is 2. The number of aryl methyl sites for hydroxylation is 1. The monoisotopic (exact) mass is 509 g/mol. The topological polar surface area (TPSA) is 99.5 Å². The summed E-state index contributed by atoms with van der Waals surface area (Å²) < 4.78 is 11.8. The summed E-state index contributed by atoms with van der Waals surface area (Å²) in [7, 11) is 0. The molecule has 194 valence electrons. The Kier molecular flexibility index (Phi) is 6.95. The molecule has 0 saturated carbocycles. The van der Waals surface area contributed by atoms with Gasteiger partial charge in [0.25, 0.3) is 0 Å². The molecule has 1 unspecified atom stereocenters. The van der Waals surface area contributed by atoms with E-state index in [2.05, 4.69) is 44.8 Å². The number of hydrogen-bond acceptors (Lipinski definition) is 7. The van der Waals surface area contributed by atoms with E-state index < -0.39 is 0 Å². The van der Waals surface area contributed by atoms with E-state index >= 15 is 0 Å². The average molecular weight is 510 g/mol. The van der Waals surface area contributed by atoms with Crippen molar-refractivity contribution in [2.45, 2.75) is 38.2 Å². The second kappa shape index (κ2) is 10.8. The lowest BCUT2D eigenvalue weighted by Crippen LogP contribution is -2.25. The molecule has 3 aromatic rings. The first-order valence-corrected chi connectivity index (χ1v) is 13.4. The van der Waals surface area contributed by atoms with E-state index in [0.717, 1.165) is 74.1 Å². The highest BCUT2D eigenvalue weighted by molar-refractivity contribution is 6.05. The number of nitrogens with one attached hydrogen (secondary N) is 2. The molecule has 2 fully saturated rings. The van der Waals surface area contributed by atoms with Crippen LogP contribution < -0.4 is 20.3 Å². The fourth-order valence-electron chi connectivity index (χ4n) is 5.57. The minimum atomic E-state index is -0.178. The third-order valence-corrected chi connectivity index (χ3v) is 7.46. The Morgan fingerprint density at radius 3 is 2.92 bits per heavy atom. The van der Waals surface area contributed by atoms with Crippen LogP contribution in [0.25, 0.3) is 10.9 Å². The maximum Gasteiger partial charge on any atom is 0.248 e. The number of benzene rings is 2. The third kappa shape index (κ3) is 4.95. The minimum absolute atomic E-state index is 0.0855. The normalized spacial score (nSPS) is 19.1. The molecular formula is C30H31N5O3. The van der Waals surface area contributed by atoms with Gasteiger partial charge in [-0.05, 0) is 56.5 Å². The van der Waals surface area contributed by atoms with E-state index in [9.17, 15) is 10.1 Å². The van der Waals surface area contributed by atoms with E-state index in [0.29, 0.717) is 35.7 Å². The lowest BCUT2D eigenvalue weighted by molar-refractivity contribution is -0.112. The smallest absolute Gasteiger partial charge is 0.248 e. The molecule has 2 aromatic carbocycles. The molecule has 6 rings (SSSR count). The van der Waals surface area contributed by atoms with Gasteiger partial charge in [-0.1, -0.05) is 23.8 Å². The second-order valence-corrected chi connectivity index (χ2v) is 10.0. The van der Waals surface area contributed by atoms with E-state index in [1.54, 1.807) is 12.3 Å². The number of aromatic nitrogens is 1. The summed E-state index contributed by atoms with van der Waals surface area (Å²) in [5, 5.41) is 17.3. The van der Waals surface area contributed by atoms with Crippen molar-refractivity contribution in [3.63, 3.8) is 0 Å². The highest BCUT2D eigenvalue weighted by atomic mass is 16.5. The third-order valence-electron chi connectivity index (χ3n) is 7.46. The standard InChI is InChI=1S/C30H31N5O3/c31-17-22-18-33-25-16-28(38-23-9-13-37-19-23)26(34-29(36)14-20-7-10-32-11-8-20)15-24(25)30(22)35-12-3-5-21-4-1-2-6-27(21)35/h1-2,4,6,14-16,18,23,32H,3,5,7-13,19H2,(H,34,36). The van der Waals surface area contributed by atoms with Crippen LogP contribution >= 0.6 is 0 Å². The molecule has 0 bridgehead atoms. The second-order valence-electron chi connectivity index (χ2n) is 10.0. The van der Waals surface area contributed by atoms with Gasteiger partial charge in [-0.15, -0.1) is 0 Å². The van der Waals surface area contributed by atoms with E-state index in [4.69, 9.17) is 9.47 Å². The molecule has 1 amide bonds. The maximum absolute atomic E-state index is 13.1. The number of nitrogens with zero attached hydrogens (tertiary/aromatic N) is 3. The van der Waals surface area contributed by atoms with Crippen LogP contribution in [-0.2, 0) is 16.0 Å². The number of hydrogen-bond donors (Lipinski definition) is 2. The first-order chi connectivity index (χ1) is 18.7. The number of ether oxygens (including phenoxy) is 2. The fraction of sp³-hybridized carbons (Fsp3) is 0.367. The Labute approximate surface area is 222 Å². The number of pyridine rings is 1. The molecule has 38 heavy (non-hydrogen) atoms. The Morgan fingerprint density at radius 2 is 2.11 bits per heavy atom. The van der Waals surface area contributed by atoms with Crippen molar-refractivity contribution in [1.82, 2.24) is 10.3 Å². The molecule has 1 aromatic heterocycles. The van der Waals surface area contributed by atoms with Crippen LogP contribution in [-0.4, -0.2) is 49.8 Å². The molecule has 2 saturated heterocycles. The molecule has 4 heterocycles. The van der Waals surface area contributed by atoms with Crippen LogP contribution in [0, 0.1) is 11.3 Å². The van der Waals surface area contributed by atoms with Crippen molar-refractivity contribution >= 4 is 33.9 Å². The van der Waals surface area contributed by atoms with Crippen molar-refractivity contribution in [1.29, 1.82) is 5.26 Å². The van der Waals surface area contributed by atoms with Crippen molar-refractivity contribution < 1.29 is 14.3 Å². The predicted octanol–water partition coefficient (Wildman–Crippen LogP) is 4.61. The largest absolute Gasteiger partial charge is 0.486 e. The van der Waals surface area contributed by atoms with Gasteiger partial charge in [0, 0.05) is 42.4 Å². The van der Waals surface area contributed by atoms with E-state index in [1.165, 1.54) is 5.56 Å². The summed E-state index contributed by atoms with van der Waals surface area (Å²) in [6.07, 6.45) is 7.77. The molecule has 8 nitrogen and oxygen atoms in total. The van der Waals surface area contributed by atoms with Crippen LogP contribution in [0.3, 0.4) is 0 Å². The zero-order valence-electron chi connectivity index (χ0n) is 21.3. The first kappa shape index (κ1) is 24.4. The summed E-state index contributed by atoms with van der Waals surface area (Å²) in [6, 6.07) is 14.5. The number of amides is 1. The van der Waals surface area contributed by atoms with Gasteiger partial charge in [0.1, 0.15) is 17.9 Å². The Morgan fingerprint density at radius 1 is 1.24 bits per heavy atom. The lowest BCUT2D eigenvalue weighted by Gasteiger charge is -2.33. The van der Waals surface area contributed by atoms with Gasteiger partial charge >= 0.3 is 0 Å². The number of rotatable bonds is 5. The minimum Gasteiger partial charge on any atom is -0.486 e. The van der Waals surface area contributed by atoms with Gasteiger partial charge in [-0.2, -0.15) is 5.26 Å². The molecule has 2 N–H and O–H groups in total. The van der Waals surface area contributed by atoms with Crippen molar-refractivity contribution in [3.05, 3.63) is 65.4 Å². The Hall–Kier alpha value is -3.93. The number of carbonyl (C=O) groups is 1. The summed E-state index contributed by atoms with van der Waals surface area (Å²) in [6.45, 7) is 3.73. The van der Waals surface area contributed by atoms with Crippen molar-refractivity contribution in [2.75, 3.05) is 43.1 Å². The zero-order valence-corrected chi connectivity index (χ0v) is 21.3. The van der Waals surface area contributed by atoms with E-state index in [1.807, 2.05) is 18.2 Å². The van der Waals surface area contributed by atoms with Crippen molar-refractivity contribution in [2.24, 2.45) is 0 Å². The SMILES string of the molecule is N#Cc1cnc2cc(OC3CCOC3)c(NC(=O)C=C3CCNCC3)cc2c1N1CCCc2ccccc21. The molecule has 3 aliphatic heterocycles. The Bertz CT molecular complexity index is 1430. The molecule has 3 aliphatic rings. The molecular weight excluding hydrogens is 478 g/mol.